The van der Waals surface area contributed by atoms with Crippen molar-refractivity contribution in [1.82, 2.24) is 4.98 Å². The van der Waals surface area contributed by atoms with Crippen molar-refractivity contribution in [2.24, 2.45) is 5.73 Å². The Bertz CT molecular complexity index is 685. The third kappa shape index (κ3) is 5.71. The number of carbonyl (C=O) groups excluding carboxylic acids is 1. The van der Waals surface area contributed by atoms with Crippen LogP contribution in [0.4, 0.5) is 0 Å². The number of aromatic nitrogens is 1. The number of carbonyl (C=O) groups is 1. The van der Waals surface area contributed by atoms with Gasteiger partial charge in [-0.25, -0.2) is 0 Å². The molecular formula is C20H32N2O4Si. The molecule has 1 aliphatic rings. The number of amides is 1. The summed E-state index contributed by atoms with van der Waals surface area (Å²) in [6.07, 6.45) is 7.98. The molecule has 150 valence electrons. The van der Waals surface area contributed by atoms with E-state index in [1.54, 1.807) is 19.4 Å². The fraction of sp³-hybridized carbons (Fsp3) is 0.600. The summed E-state index contributed by atoms with van der Waals surface area (Å²) >= 11 is 0. The minimum absolute atomic E-state index is 0.0762. The Morgan fingerprint density at radius 3 is 2.67 bits per heavy atom. The Hall–Kier alpha value is -1.54. The normalized spacial score (nSPS) is 24.3. The number of nitrogens with two attached hydrogens (primary N) is 1. The van der Waals surface area contributed by atoms with E-state index >= 15 is 0 Å². The van der Waals surface area contributed by atoms with Gasteiger partial charge in [0.25, 0.3) is 5.91 Å². The van der Waals surface area contributed by atoms with Gasteiger partial charge in [0.05, 0.1) is 17.8 Å². The SMILES string of the molecule is CO[C@@H]1C[C@H](O[Si](C)(C)C(C)(C)C)C[C@@H](/C=C/c2ccncc2C(N)=O)O1. The molecule has 0 spiro atoms. The van der Waals surface area contributed by atoms with Gasteiger partial charge >= 0.3 is 0 Å². The molecule has 1 fully saturated rings. The molecule has 1 aromatic rings. The molecule has 1 aromatic heterocycles. The third-order valence-corrected chi connectivity index (χ3v) is 9.95. The van der Waals surface area contributed by atoms with Crippen LogP contribution in [0.15, 0.2) is 24.5 Å². The van der Waals surface area contributed by atoms with Crippen molar-refractivity contribution in [1.29, 1.82) is 0 Å². The van der Waals surface area contributed by atoms with E-state index in [0.29, 0.717) is 5.56 Å². The summed E-state index contributed by atoms with van der Waals surface area (Å²) in [5, 5.41) is 0.145. The smallest absolute Gasteiger partial charge is 0.250 e. The molecule has 6 nitrogen and oxygen atoms in total. The van der Waals surface area contributed by atoms with Gasteiger partial charge in [0.2, 0.25) is 0 Å². The van der Waals surface area contributed by atoms with Gasteiger partial charge in [0, 0.05) is 32.3 Å². The molecule has 1 aliphatic heterocycles. The van der Waals surface area contributed by atoms with E-state index in [1.165, 1.54) is 6.20 Å². The number of hydrogen-bond acceptors (Lipinski definition) is 5. The third-order valence-electron chi connectivity index (χ3n) is 5.42. The molecule has 7 heteroatoms. The van der Waals surface area contributed by atoms with Gasteiger partial charge in [-0.2, -0.15) is 0 Å². The average molecular weight is 393 g/mol. The van der Waals surface area contributed by atoms with Crippen molar-refractivity contribution in [2.45, 2.75) is 70.2 Å². The van der Waals surface area contributed by atoms with Gasteiger partial charge in [0.15, 0.2) is 14.6 Å². The Morgan fingerprint density at radius 1 is 1.37 bits per heavy atom. The van der Waals surface area contributed by atoms with Crippen molar-refractivity contribution in [3.05, 3.63) is 35.7 Å². The lowest BCUT2D eigenvalue weighted by molar-refractivity contribution is -0.188. The fourth-order valence-corrected chi connectivity index (χ4v) is 4.19. The van der Waals surface area contributed by atoms with Gasteiger partial charge in [-0.15, -0.1) is 0 Å². The molecular weight excluding hydrogens is 360 g/mol. The largest absolute Gasteiger partial charge is 0.414 e. The van der Waals surface area contributed by atoms with Crippen LogP contribution >= 0.6 is 0 Å². The molecule has 2 N–H and O–H groups in total. The van der Waals surface area contributed by atoms with Gasteiger partial charge < -0.3 is 19.6 Å². The lowest BCUT2D eigenvalue weighted by atomic mass is 10.0. The van der Waals surface area contributed by atoms with Crippen molar-refractivity contribution < 1.29 is 18.7 Å². The van der Waals surface area contributed by atoms with Gasteiger partial charge in [0.1, 0.15) is 0 Å². The number of nitrogens with zero attached hydrogens (tertiary/aromatic N) is 1. The second-order valence-electron chi connectivity index (χ2n) is 8.50. The minimum atomic E-state index is -1.88. The number of hydrogen-bond donors (Lipinski definition) is 1. The number of ether oxygens (including phenoxy) is 2. The van der Waals surface area contributed by atoms with E-state index in [4.69, 9.17) is 19.6 Å². The molecule has 2 heterocycles. The Morgan fingerprint density at radius 2 is 2.07 bits per heavy atom. The minimum Gasteiger partial charge on any atom is -0.414 e. The van der Waals surface area contributed by atoms with Crippen LogP contribution in [0.1, 0.15) is 49.5 Å². The second-order valence-corrected chi connectivity index (χ2v) is 13.3. The van der Waals surface area contributed by atoms with E-state index in [1.807, 2.05) is 12.2 Å². The van der Waals surface area contributed by atoms with Crippen molar-refractivity contribution >= 4 is 20.3 Å². The summed E-state index contributed by atoms with van der Waals surface area (Å²) < 4.78 is 18.0. The predicted molar refractivity (Wildman–Crippen MR) is 109 cm³/mol. The Kier molecular flexibility index (Phi) is 6.96. The highest BCUT2D eigenvalue weighted by Gasteiger charge is 2.41. The average Bonchev–Trinajstić information content (AvgIpc) is 2.58. The molecule has 1 amide bonds. The molecule has 3 atom stereocenters. The highest BCUT2D eigenvalue weighted by Crippen LogP contribution is 2.39. The molecule has 0 saturated carbocycles. The monoisotopic (exact) mass is 392 g/mol. The maximum Gasteiger partial charge on any atom is 0.250 e. The van der Waals surface area contributed by atoms with Crippen LogP contribution in [0.3, 0.4) is 0 Å². The highest BCUT2D eigenvalue weighted by atomic mass is 28.4. The summed E-state index contributed by atoms with van der Waals surface area (Å²) in [7, 11) is -0.233. The van der Waals surface area contributed by atoms with E-state index in [9.17, 15) is 4.79 Å². The summed E-state index contributed by atoms with van der Waals surface area (Å²) in [5.74, 6) is -0.499. The zero-order valence-corrected chi connectivity index (χ0v) is 18.2. The van der Waals surface area contributed by atoms with Gasteiger partial charge in [-0.3, -0.25) is 9.78 Å². The predicted octanol–water partition coefficient (Wildman–Crippen LogP) is 3.74. The molecule has 27 heavy (non-hydrogen) atoms. The second kappa shape index (κ2) is 8.64. The molecule has 0 unspecified atom stereocenters. The number of pyridine rings is 1. The fourth-order valence-electron chi connectivity index (χ4n) is 2.81. The molecule has 0 radical (unpaired) electrons. The summed E-state index contributed by atoms with van der Waals surface area (Å²) in [6, 6.07) is 1.76. The van der Waals surface area contributed by atoms with E-state index in [-0.39, 0.29) is 23.5 Å². The molecule has 0 aromatic carbocycles. The molecule has 0 bridgehead atoms. The van der Waals surface area contributed by atoms with Crippen LogP contribution in [-0.2, 0) is 13.9 Å². The van der Waals surface area contributed by atoms with Crippen LogP contribution in [0.2, 0.25) is 18.1 Å². The van der Waals surface area contributed by atoms with Crippen LogP contribution in [0.25, 0.3) is 6.08 Å². The van der Waals surface area contributed by atoms with Crippen LogP contribution in [0.5, 0.6) is 0 Å². The van der Waals surface area contributed by atoms with E-state index < -0.39 is 14.2 Å². The topological polar surface area (TPSA) is 83.7 Å². The molecule has 1 saturated heterocycles. The van der Waals surface area contributed by atoms with Crippen LogP contribution in [-0.4, -0.2) is 44.8 Å². The lowest BCUT2D eigenvalue weighted by Crippen LogP contribution is -2.47. The zero-order valence-electron chi connectivity index (χ0n) is 17.2. The first-order valence-electron chi connectivity index (χ1n) is 9.31. The number of methoxy groups -OCH3 is 1. The summed E-state index contributed by atoms with van der Waals surface area (Å²) in [5.41, 5.74) is 6.53. The first-order valence-corrected chi connectivity index (χ1v) is 12.2. The number of rotatable bonds is 6. The van der Waals surface area contributed by atoms with Crippen molar-refractivity contribution in [3.8, 4) is 0 Å². The standard InChI is InChI=1S/C20H32N2O4Si/c1-20(2,3)27(5,6)26-16-11-15(25-18(12-16)24-4)8-7-14-9-10-22-13-17(14)19(21)23/h7-10,13,15-16,18H,11-12H2,1-6H3,(H2,21,23)/b8-7+/t15-,16-,18+/m1/s1. The summed E-state index contributed by atoms with van der Waals surface area (Å²) in [6.45, 7) is 11.2. The Balaban J connectivity index is 2.14. The number of primary amides is 1. The first kappa shape index (κ1) is 21.8. The maximum absolute atomic E-state index is 11.6. The van der Waals surface area contributed by atoms with E-state index in [0.717, 1.165) is 18.4 Å². The van der Waals surface area contributed by atoms with Crippen LogP contribution < -0.4 is 5.73 Å². The van der Waals surface area contributed by atoms with Gasteiger partial charge in [-0.05, 0) is 29.8 Å². The van der Waals surface area contributed by atoms with Crippen molar-refractivity contribution in [3.63, 3.8) is 0 Å². The quantitative estimate of drug-likeness (QED) is 0.746. The van der Waals surface area contributed by atoms with Crippen LogP contribution in [0, 0.1) is 0 Å². The molecule has 2 rings (SSSR count). The van der Waals surface area contributed by atoms with Crippen molar-refractivity contribution in [2.75, 3.05) is 7.11 Å². The maximum atomic E-state index is 11.6. The first-order chi connectivity index (χ1) is 12.5. The molecule has 0 aliphatic carbocycles. The lowest BCUT2D eigenvalue weighted by Gasteiger charge is -2.42. The zero-order chi connectivity index (χ0) is 20.2. The highest BCUT2D eigenvalue weighted by molar-refractivity contribution is 6.74. The Labute approximate surface area is 163 Å². The summed E-state index contributed by atoms with van der Waals surface area (Å²) in [4.78, 5) is 15.5. The van der Waals surface area contributed by atoms with Gasteiger partial charge in [-0.1, -0.05) is 32.9 Å². The van der Waals surface area contributed by atoms with E-state index in [2.05, 4.69) is 38.8 Å².